The Labute approximate surface area is 159 Å². The predicted octanol–water partition coefficient (Wildman–Crippen LogP) is 2.71. The van der Waals surface area contributed by atoms with E-state index >= 15 is 0 Å². The van der Waals surface area contributed by atoms with E-state index in [1.165, 1.54) is 25.6 Å². The van der Waals surface area contributed by atoms with Crippen LogP contribution in [0.4, 0.5) is 5.13 Å². The molecule has 0 aliphatic rings. The van der Waals surface area contributed by atoms with Gasteiger partial charge in [-0.2, -0.15) is 0 Å². The van der Waals surface area contributed by atoms with Crippen LogP contribution in [0.2, 0.25) is 0 Å². The van der Waals surface area contributed by atoms with E-state index in [0.717, 1.165) is 11.4 Å². The topological polar surface area (TPSA) is 104 Å². The Morgan fingerprint density at radius 3 is 2.67 bits per heavy atom. The highest BCUT2D eigenvalue weighted by atomic mass is 32.1. The Morgan fingerprint density at radius 1 is 1.26 bits per heavy atom. The van der Waals surface area contributed by atoms with E-state index in [-0.39, 0.29) is 17.9 Å². The number of hydrogen-bond acceptors (Lipinski definition) is 8. The molecule has 1 N–H and O–H groups in total. The second kappa shape index (κ2) is 7.75. The van der Waals surface area contributed by atoms with Crippen LogP contribution in [0.5, 0.6) is 11.5 Å². The average Bonchev–Trinajstić information content (AvgIpc) is 3.11. The molecule has 0 radical (unpaired) electrons. The van der Waals surface area contributed by atoms with Crippen molar-refractivity contribution in [3.8, 4) is 11.5 Å². The van der Waals surface area contributed by atoms with Gasteiger partial charge in [0.1, 0.15) is 5.01 Å². The lowest BCUT2D eigenvalue weighted by Crippen LogP contribution is -2.20. The van der Waals surface area contributed by atoms with Crippen LogP contribution in [-0.4, -0.2) is 30.3 Å². The van der Waals surface area contributed by atoms with Gasteiger partial charge >= 0.3 is 5.63 Å². The van der Waals surface area contributed by atoms with Crippen LogP contribution in [0, 0.1) is 6.92 Å². The van der Waals surface area contributed by atoms with Gasteiger partial charge in [-0.25, -0.2) is 4.79 Å². The van der Waals surface area contributed by atoms with Crippen LogP contribution in [0.15, 0.2) is 21.3 Å². The first kappa shape index (κ1) is 18.8. The monoisotopic (exact) mass is 389 g/mol. The van der Waals surface area contributed by atoms with Crippen LogP contribution >= 0.6 is 11.3 Å². The summed E-state index contributed by atoms with van der Waals surface area (Å²) in [6, 6.07) is 3.50. The SMILES string of the molecule is CCc1nnc(NC(=O)Cc2c(C)c3ccc(OC)c(OC)c3oc2=O)s1. The first-order chi connectivity index (χ1) is 13.0. The second-order valence-corrected chi connectivity index (χ2v) is 6.81. The summed E-state index contributed by atoms with van der Waals surface area (Å²) in [6.45, 7) is 3.73. The minimum absolute atomic E-state index is 0.126. The molecule has 3 rings (SSSR count). The largest absolute Gasteiger partial charge is 0.493 e. The predicted molar refractivity (Wildman–Crippen MR) is 102 cm³/mol. The van der Waals surface area contributed by atoms with Crippen molar-refractivity contribution in [3.05, 3.63) is 38.7 Å². The third kappa shape index (κ3) is 3.63. The molecule has 0 spiro atoms. The number of nitrogens with one attached hydrogen (secondary N) is 1. The van der Waals surface area contributed by atoms with E-state index in [4.69, 9.17) is 13.9 Å². The van der Waals surface area contributed by atoms with E-state index in [1.807, 2.05) is 6.92 Å². The molecule has 142 valence electrons. The van der Waals surface area contributed by atoms with Crippen LogP contribution in [0.1, 0.15) is 23.1 Å². The molecule has 0 aliphatic carbocycles. The number of benzene rings is 1. The first-order valence-corrected chi connectivity index (χ1v) is 9.09. The summed E-state index contributed by atoms with van der Waals surface area (Å²) in [5.41, 5.74) is 0.643. The Morgan fingerprint density at radius 2 is 2.04 bits per heavy atom. The van der Waals surface area contributed by atoms with E-state index in [9.17, 15) is 9.59 Å². The number of carbonyl (C=O) groups excluding carboxylic acids is 1. The summed E-state index contributed by atoms with van der Waals surface area (Å²) in [7, 11) is 2.98. The highest BCUT2D eigenvalue weighted by Crippen LogP contribution is 2.36. The van der Waals surface area contributed by atoms with Gasteiger partial charge in [-0.3, -0.25) is 4.79 Å². The molecule has 0 saturated carbocycles. The highest BCUT2D eigenvalue weighted by molar-refractivity contribution is 7.15. The zero-order chi connectivity index (χ0) is 19.6. The molecule has 27 heavy (non-hydrogen) atoms. The van der Waals surface area contributed by atoms with Gasteiger partial charge in [0.2, 0.25) is 16.8 Å². The lowest BCUT2D eigenvalue weighted by Gasteiger charge is -2.12. The van der Waals surface area contributed by atoms with Gasteiger partial charge < -0.3 is 19.2 Å². The van der Waals surface area contributed by atoms with Crippen molar-refractivity contribution in [2.45, 2.75) is 26.7 Å². The molecule has 1 amide bonds. The number of rotatable bonds is 6. The van der Waals surface area contributed by atoms with Crippen molar-refractivity contribution in [2.24, 2.45) is 0 Å². The van der Waals surface area contributed by atoms with Gasteiger partial charge in [0, 0.05) is 5.39 Å². The fourth-order valence-electron chi connectivity index (χ4n) is 2.74. The average molecular weight is 389 g/mol. The number of aryl methyl sites for hydroxylation is 2. The van der Waals surface area contributed by atoms with Gasteiger partial charge in [-0.05, 0) is 31.0 Å². The summed E-state index contributed by atoms with van der Waals surface area (Å²) in [6.07, 6.45) is 0.617. The fraction of sp³-hybridized carbons (Fsp3) is 0.333. The van der Waals surface area contributed by atoms with E-state index in [2.05, 4.69) is 15.5 Å². The molecule has 8 nitrogen and oxygen atoms in total. The van der Waals surface area contributed by atoms with Gasteiger partial charge in [-0.15, -0.1) is 10.2 Å². The first-order valence-electron chi connectivity index (χ1n) is 8.28. The number of hydrogen-bond donors (Lipinski definition) is 1. The normalized spacial score (nSPS) is 10.8. The van der Waals surface area contributed by atoms with Crippen LogP contribution in [0.3, 0.4) is 0 Å². The van der Waals surface area contributed by atoms with Crippen LogP contribution in [-0.2, 0) is 17.6 Å². The fourth-order valence-corrected chi connectivity index (χ4v) is 3.44. The number of amides is 1. The molecule has 0 atom stereocenters. The molecule has 0 aliphatic heterocycles. The molecule has 0 bridgehead atoms. The summed E-state index contributed by atoms with van der Waals surface area (Å²) >= 11 is 1.31. The van der Waals surface area contributed by atoms with Gasteiger partial charge in [0.05, 0.1) is 26.2 Å². The summed E-state index contributed by atoms with van der Waals surface area (Å²) in [5, 5.41) is 12.4. The van der Waals surface area contributed by atoms with Crippen molar-refractivity contribution in [1.29, 1.82) is 0 Å². The van der Waals surface area contributed by atoms with Crippen molar-refractivity contribution < 1.29 is 18.7 Å². The molecular formula is C18H19N3O5S. The Kier molecular flexibility index (Phi) is 5.41. The van der Waals surface area contributed by atoms with Gasteiger partial charge in [-0.1, -0.05) is 18.3 Å². The third-order valence-corrected chi connectivity index (χ3v) is 5.13. The molecule has 2 heterocycles. The maximum atomic E-state index is 12.5. The quantitative estimate of drug-likeness (QED) is 0.647. The van der Waals surface area contributed by atoms with Crippen molar-refractivity contribution in [3.63, 3.8) is 0 Å². The van der Waals surface area contributed by atoms with Gasteiger partial charge in [0.15, 0.2) is 11.3 Å². The van der Waals surface area contributed by atoms with Crippen LogP contribution in [0.25, 0.3) is 11.0 Å². The molecule has 0 unspecified atom stereocenters. The summed E-state index contributed by atoms with van der Waals surface area (Å²) < 4.78 is 16.0. The zero-order valence-corrected chi connectivity index (χ0v) is 16.2. The van der Waals surface area contributed by atoms with Crippen LogP contribution < -0.4 is 20.4 Å². The number of ether oxygens (including phenoxy) is 2. The number of methoxy groups -OCH3 is 2. The Hall–Kier alpha value is -2.94. The molecule has 9 heteroatoms. The van der Waals surface area contributed by atoms with Gasteiger partial charge in [0.25, 0.3) is 0 Å². The number of anilines is 1. The lowest BCUT2D eigenvalue weighted by atomic mass is 10.0. The molecule has 0 fully saturated rings. The number of nitrogens with zero attached hydrogens (tertiary/aromatic N) is 2. The molecule has 1 aromatic carbocycles. The van der Waals surface area contributed by atoms with E-state index in [1.54, 1.807) is 19.1 Å². The standard InChI is InChI=1S/C18H19N3O5S/c1-5-14-20-21-18(27-14)19-13(22)8-11-9(2)10-6-7-12(24-3)16(25-4)15(10)26-17(11)23/h6-7H,5,8H2,1-4H3,(H,19,21,22). The maximum absolute atomic E-state index is 12.5. The summed E-state index contributed by atoms with van der Waals surface area (Å²) in [5.74, 6) is 0.442. The smallest absolute Gasteiger partial charge is 0.340 e. The minimum Gasteiger partial charge on any atom is -0.493 e. The van der Waals surface area contributed by atoms with Crippen molar-refractivity contribution in [2.75, 3.05) is 19.5 Å². The lowest BCUT2D eigenvalue weighted by molar-refractivity contribution is -0.115. The minimum atomic E-state index is -0.590. The third-order valence-electron chi connectivity index (χ3n) is 4.15. The molecule has 3 aromatic rings. The number of fused-ring (bicyclic) bond motifs is 1. The maximum Gasteiger partial charge on any atom is 0.340 e. The number of aromatic nitrogens is 2. The highest BCUT2D eigenvalue weighted by Gasteiger charge is 2.20. The molecule has 0 saturated heterocycles. The van der Waals surface area contributed by atoms with Crippen molar-refractivity contribution in [1.82, 2.24) is 10.2 Å². The Bertz CT molecular complexity index is 1060. The van der Waals surface area contributed by atoms with E-state index < -0.39 is 5.63 Å². The second-order valence-electron chi connectivity index (χ2n) is 5.75. The zero-order valence-electron chi connectivity index (χ0n) is 15.4. The molecular weight excluding hydrogens is 370 g/mol. The number of carbonyl (C=O) groups is 1. The van der Waals surface area contributed by atoms with Crippen molar-refractivity contribution >= 4 is 33.3 Å². The Balaban J connectivity index is 1.95. The molecule has 2 aromatic heterocycles. The summed E-state index contributed by atoms with van der Waals surface area (Å²) in [4.78, 5) is 24.8. The van der Waals surface area contributed by atoms with E-state index in [0.29, 0.717) is 33.2 Å².